The molecule has 28 heavy (non-hydrogen) atoms. The highest BCUT2D eigenvalue weighted by molar-refractivity contribution is 8.00. The van der Waals surface area contributed by atoms with Crippen LogP contribution >= 0.6 is 11.8 Å². The molecule has 6 nitrogen and oxygen atoms in total. The number of rotatable bonds is 9. The Balaban J connectivity index is 1.62. The van der Waals surface area contributed by atoms with Crippen molar-refractivity contribution in [3.05, 3.63) is 54.3 Å². The number of hydrogen-bond acceptors (Lipinski definition) is 5. The van der Waals surface area contributed by atoms with Crippen molar-refractivity contribution in [1.29, 1.82) is 0 Å². The van der Waals surface area contributed by atoms with Gasteiger partial charge in [-0.2, -0.15) is 0 Å². The summed E-state index contributed by atoms with van der Waals surface area (Å²) >= 11 is 1.42. The average molecular weight is 399 g/mol. The van der Waals surface area contributed by atoms with Gasteiger partial charge in [-0.05, 0) is 37.0 Å². The normalized spacial score (nSPS) is 12.3. The number of aromatic nitrogens is 3. The van der Waals surface area contributed by atoms with Gasteiger partial charge >= 0.3 is 0 Å². The minimum Gasteiger partial charge on any atom is -0.461 e. The molecular weight excluding hydrogens is 372 g/mol. The van der Waals surface area contributed by atoms with Crippen LogP contribution in [0.4, 0.5) is 0 Å². The second-order valence-electron chi connectivity index (χ2n) is 7.07. The molecule has 0 saturated carbocycles. The number of carbonyl (C=O) groups is 1. The molecule has 3 rings (SSSR count). The third kappa shape index (κ3) is 5.25. The van der Waals surface area contributed by atoms with Crippen LogP contribution in [0.1, 0.15) is 26.3 Å². The van der Waals surface area contributed by atoms with E-state index in [1.54, 1.807) is 6.26 Å². The summed E-state index contributed by atoms with van der Waals surface area (Å²) in [7, 11) is 0. The van der Waals surface area contributed by atoms with Gasteiger partial charge in [0, 0.05) is 13.1 Å². The first-order chi connectivity index (χ1) is 13.5. The van der Waals surface area contributed by atoms with Gasteiger partial charge in [-0.3, -0.25) is 9.36 Å². The number of carbonyl (C=O) groups excluding carboxylic acids is 1. The van der Waals surface area contributed by atoms with E-state index < -0.39 is 0 Å². The lowest BCUT2D eigenvalue weighted by Gasteiger charge is -2.14. The summed E-state index contributed by atoms with van der Waals surface area (Å²) in [4.78, 5) is 12.5. The van der Waals surface area contributed by atoms with Crippen LogP contribution in [0, 0.1) is 5.92 Å². The number of nitrogens with zero attached hydrogens (tertiary/aromatic N) is 3. The van der Waals surface area contributed by atoms with Crippen LogP contribution in [0.25, 0.3) is 11.6 Å². The zero-order valence-corrected chi connectivity index (χ0v) is 17.3. The predicted octanol–water partition coefficient (Wildman–Crippen LogP) is 4.03. The highest BCUT2D eigenvalue weighted by Crippen LogP contribution is 2.28. The van der Waals surface area contributed by atoms with E-state index in [1.165, 1.54) is 17.3 Å². The molecule has 0 aliphatic heterocycles. The fraction of sp³-hybridized carbons (Fsp3) is 0.381. The molecule has 1 unspecified atom stereocenters. The molecule has 3 aromatic rings. The first kappa shape index (κ1) is 20.2. The number of benzene rings is 1. The molecule has 0 aliphatic rings. The maximum Gasteiger partial charge on any atom is 0.233 e. The molecule has 1 atom stereocenters. The Morgan fingerprint density at radius 3 is 2.61 bits per heavy atom. The number of amides is 1. The molecule has 0 fully saturated rings. The summed E-state index contributed by atoms with van der Waals surface area (Å²) in [5, 5.41) is 12.1. The quantitative estimate of drug-likeness (QED) is 0.551. The van der Waals surface area contributed by atoms with Crippen LogP contribution in [-0.2, 0) is 17.8 Å². The summed E-state index contributed by atoms with van der Waals surface area (Å²) in [5.74, 6) is 1.79. The Morgan fingerprint density at radius 2 is 1.93 bits per heavy atom. The van der Waals surface area contributed by atoms with Gasteiger partial charge in [0.25, 0.3) is 0 Å². The molecule has 1 amide bonds. The van der Waals surface area contributed by atoms with Crippen molar-refractivity contribution in [2.24, 2.45) is 5.92 Å². The van der Waals surface area contributed by atoms with E-state index in [2.05, 4.69) is 41.5 Å². The van der Waals surface area contributed by atoms with Gasteiger partial charge in [-0.25, -0.2) is 0 Å². The van der Waals surface area contributed by atoms with E-state index >= 15 is 0 Å². The monoisotopic (exact) mass is 398 g/mol. The zero-order chi connectivity index (χ0) is 19.9. The molecule has 2 heterocycles. The second kappa shape index (κ2) is 9.59. The van der Waals surface area contributed by atoms with Gasteiger partial charge in [0.15, 0.2) is 16.7 Å². The molecule has 0 bridgehead atoms. The summed E-state index contributed by atoms with van der Waals surface area (Å²) in [6, 6.07) is 13.8. The van der Waals surface area contributed by atoms with Crippen LogP contribution in [0.2, 0.25) is 0 Å². The first-order valence-corrected chi connectivity index (χ1v) is 10.4. The van der Waals surface area contributed by atoms with Gasteiger partial charge in [-0.15, -0.1) is 10.2 Å². The van der Waals surface area contributed by atoms with Crippen molar-refractivity contribution < 1.29 is 9.21 Å². The van der Waals surface area contributed by atoms with E-state index in [9.17, 15) is 4.79 Å². The molecular formula is C21H26N4O2S. The Kier molecular flexibility index (Phi) is 6.92. The Labute approximate surface area is 169 Å². The molecule has 2 aromatic heterocycles. The number of nitrogens with one attached hydrogen (secondary N) is 1. The highest BCUT2D eigenvalue weighted by atomic mass is 32.2. The van der Waals surface area contributed by atoms with E-state index in [4.69, 9.17) is 4.42 Å². The number of thioether (sulfide) groups is 1. The SMILES string of the molecule is CC(C)Cn1c(SC(C)C(=O)NCCc2ccccc2)nnc1-c1ccco1. The lowest BCUT2D eigenvalue weighted by atomic mass is 10.1. The lowest BCUT2D eigenvalue weighted by molar-refractivity contribution is -0.120. The minimum atomic E-state index is -0.268. The summed E-state index contributed by atoms with van der Waals surface area (Å²) < 4.78 is 7.52. The highest BCUT2D eigenvalue weighted by Gasteiger charge is 2.22. The maximum atomic E-state index is 12.5. The van der Waals surface area contributed by atoms with E-state index in [1.807, 2.05) is 41.8 Å². The van der Waals surface area contributed by atoms with Crippen LogP contribution < -0.4 is 5.32 Å². The fourth-order valence-electron chi connectivity index (χ4n) is 2.82. The standard InChI is InChI=1S/C21H26N4O2S/c1-15(2)14-25-19(18-10-7-13-27-18)23-24-21(25)28-16(3)20(26)22-12-11-17-8-5-4-6-9-17/h4-10,13,15-16H,11-12,14H2,1-3H3,(H,22,26). The summed E-state index contributed by atoms with van der Waals surface area (Å²) in [6.45, 7) is 7.54. The maximum absolute atomic E-state index is 12.5. The van der Waals surface area contributed by atoms with Crippen molar-refractivity contribution >= 4 is 17.7 Å². The smallest absolute Gasteiger partial charge is 0.233 e. The average Bonchev–Trinajstić information content (AvgIpc) is 3.33. The third-order valence-corrected chi connectivity index (χ3v) is 5.29. The van der Waals surface area contributed by atoms with E-state index in [-0.39, 0.29) is 11.2 Å². The first-order valence-electron chi connectivity index (χ1n) is 9.50. The van der Waals surface area contributed by atoms with Gasteiger partial charge in [0.2, 0.25) is 5.91 Å². The zero-order valence-electron chi connectivity index (χ0n) is 16.5. The topological polar surface area (TPSA) is 73.0 Å². The van der Waals surface area contributed by atoms with Crippen molar-refractivity contribution in [3.8, 4) is 11.6 Å². The van der Waals surface area contributed by atoms with Gasteiger partial charge in [-0.1, -0.05) is 55.9 Å². The van der Waals surface area contributed by atoms with Crippen molar-refractivity contribution in [3.63, 3.8) is 0 Å². The van der Waals surface area contributed by atoms with Gasteiger partial charge < -0.3 is 9.73 Å². The Morgan fingerprint density at radius 1 is 1.14 bits per heavy atom. The molecule has 148 valence electrons. The minimum absolute atomic E-state index is 0.000392. The van der Waals surface area contributed by atoms with Crippen LogP contribution in [-0.4, -0.2) is 32.5 Å². The van der Waals surface area contributed by atoms with Crippen molar-refractivity contribution in [1.82, 2.24) is 20.1 Å². The molecule has 0 saturated heterocycles. The number of hydrogen-bond donors (Lipinski definition) is 1. The Bertz CT molecular complexity index is 875. The second-order valence-corrected chi connectivity index (χ2v) is 8.38. The van der Waals surface area contributed by atoms with Crippen LogP contribution in [0.3, 0.4) is 0 Å². The van der Waals surface area contributed by atoms with Crippen molar-refractivity contribution in [2.75, 3.05) is 6.54 Å². The van der Waals surface area contributed by atoms with Gasteiger partial charge in [0.1, 0.15) is 0 Å². The van der Waals surface area contributed by atoms with Gasteiger partial charge in [0.05, 0.1) is 11.5 Å². The van der Waals surface area contributed by atoms with Crippen LogP contribution in [0.5, 0.6) is 0 Å². The largest absolute Gasteiger partial charge is 0.461 e. The van der Waals surface area contributed by atoms with Crippen molar-refractivity contribution in [2.45, 2.75) is 44.1 Å². The van der Waals surface area contributed by atoms with E-state index in [0.29, 0.717) is 24.0 Å². The van der Waals surface area contributed by atoms with E-state index in [0.717, 1.165) is 18.1 Å². The molecule has 1 aromatic carbocycles. The Hall–Kier alpha value is -2.54. The molecule has 7 heteroatoms. The summed E-state index contributed by atoms with van der Waals surface area (Å²) in [5.41, 5.74) is 1.21. The predicted molar refractivity (Wildman–Crippen MR) is 111 cm³/mol. The fourth-order valence-corrected chi connectivity index (χ4v) is 3.71. The molecule has 1 N–H and O–H groups in total. The molecule has 0 radical (unpaired) electrons. The number of furan rings is 1. The summed E-state index contributed by atoms with van der Waals surface area (Å²) in [6.07, 6.45) is 2.44. The lowest BCUT2D eigenvalue weighted by Crippen LogP contribution is -2.32. The molecule has 0 aliphatic carbocycles. The molecule has 0 spiro atoms. The van der Waals surface area contributed by atoms with Crippen LogP contribution in [0.15, 0.2) is 58.3 Å². The third-order valence-electron chi connectivity index (χ3n) is 4.21.